The van der Waals surface area contributed by atoms with Gasteiger partial charge in [0.15, 0.2) is 0 Å². The summed E-state index contributed by atoms with van der Waals surface area (Å²) in [6, 6.07) is 14.7. The first-order valence-corrected chi connectivity index (χ1v) is 8.12. The van der Waals surface area contributed by atoms with Crippen molar-refractivity contribution in [1.82, 2.24) is 0 Å². The molecule has 3 nitrogen and oxygen atoms in total. The molecule has 1 atom stereocenters. The number of sulfonamides is 1. The number of anilines is 1. The second-order valence-corrected chi connectivity index (χ2v) is 7.17. The Bertz CT molecular complexity index is 735. The van der Waals surface area contributed by atoms with Crippen molar-refractivity contribution in [2.75, 3.05) is 10.8 Å². The molecule has 1 unspecified atom stereocenters. The number of nitrogens with zero attached hydrogens (tertiary/aromatic N) is 1. The lowest BCUT2D eigenvalue weighted by atomic mass is 10.0. The highest BCUT2D eigenvalue weighted by Gasteiger charge is 2.34. The van der Waals surface area contributed by atoms with Gasteiger partial charge in [0.25, 0.3) is 10.0 Å². The normalized spacial score (nSPS) is 18.1. The molecule has 0 aromatic heterocycles. The molecule has 0 spiro atoms. The molecular formula is C16H17NO2S. The van der Waals surface area contributed by atoms with Crippen LogP contribution in [0.2, 0.25) is 0 Å². The van der Waals surface area contributed by atoms with Crippen LogP contribution >= 0.6 is 0 Å². The summed E-state index contributed by atoms with van der Waals surface area (Å²) in [7, 11) is -3.47. The molecule has 0 saturated carbocycles. The number of aryl methyl sites for hydroxylation is 1. The molecular weight excluding hydrogens is 270 g/mol. The van der Waals surface area contributed by atoms with Crippen molar-refractivity contribution in [2.24, 2.45) is 0 Å². The number of rotatable bonds is 2. The lowest BCUT2D eigenvalue weighted by molar-refractivity contribution is 0.590. The Kier molecular flexibility index (Phi) is 3.05. The topological polar surface area (TPSA) is 37.4 Å². The summed E-state index contributed by atoms with van der Waals surface area (Å²) in [6.45, 7) is 4.52. The molecule has 0 radical (unpaired) electrons. The first-order chi connectivity index (χ1) is 9.50. The second kappa shape index (κ2) is 4.63. The summed E-state index contributed by atoms with van der Waals surface area (Å²) >= 11 is 0. The highest BCUT2D eigenvalue weighted by molar-refractivity contribution is 7.92. The number of hydrogen-bond donors (Lipinski definition) is 0. The summed E-state index contributed by atoms with van der Waals surface area (Å²) in [5, 5.41) is 0. The molecule has 0 saturated heterocycles. The zero-order valence-corrected chi connectivity index (χ0v) is 12.4. The first kappa shape index (κ1) is 13.2. The van der Waals surface area contributed by atoms with E-state index in [1.54, 1.807) is 12.1 Å². The molecule has 1 aliphatic heterocycles. The van der Waals surface area contributed by atoms with E-state index in [0.29, 0.717) is 11.4 Å². The molecule has 2 aromatic carbocycles. The maximum Gasteiger partial charge on any atom is 0.264 e. The van der Waals surface area contributed by atoms with Gasteiger partial charge in [-0.1, -0.05) is 42.8 Å². The monoisotopic (exact) mass is 287 g/mol. The molecule has 1 heterocycles. The van der Waals surface area contributed by atoms with E-state index in [2.05, 4.69) is 6.92 Å². The Hall–Kier alpha value is -1.81. The van der Waals surface area contributed by atoms with Crippen molar-refractivity contribution in [3.8, 4) is 0 Å². The maximum absolute atomic E-state index is 12.8. The van der Waals surface area contributed by atoms with Gasteiger partial charge in [0.05, 0.1) is 10.6 Å². The zero-order chi connectivity index (χ0) is 14.3. The van der Waals surface area contributed by atoms with Crippen LogP contribution in [0.3, 0.4) is 0 Å². The SMILES string of the molecule is Cc1ccc(S(=O)(=O)N2CC(C)c3ccccc32)cc1. The van der Waals surface area contributed by atoms with Gasteiger partial charge in [0.2, 0.25) is 0 Å². The van der Waals surface area contributed by atoms with Crippen molar-refractivity contribution in [1.29, 1.82) is 0 Å². The number of benzene rings is 2. The number of fused-ring (bicyclic) bond motifs is 1. The summed E-state index contributed by atoms with van der Waals surface area (Å²) in [5.74, 6) is 0.228. The maximum atomic E-state index is 12.8. The Labute approximate surface area is 119 Å². The fourth-order valence-electron chi connectivity index (χ4n) is 2.64. The van der Waals surface area contributed by atoms with Crippen LogP contribution in [0.25, 0.3) is 0 Å². The van der Waals surface area contributed by atoms with Gasteiger partial charge in [-0.3, -0.25) is 4.31 Å². The van der Waals surface area contributed by atoms with Crippen LogP contribution in [0.1, 0.15) is 24.0 Å². The Morgan fingerprint density at radius 1 is 1.05 bits per heavy atom. The van der Waals surface area contributed by atoms with Crippen LogP contribution in [0.15, 0.2) is 53.4 Å². The summed E-state index contributed by atoms with van der Waals surface area (Å²) in [4.78, 5) is 0.354. The largest absolute Gasteiger partial charge is 0.265 e. The lowest BCUT2D eigenvalue weighted by Gasteiger charge is -2.19. The number of hydrogen-bond acceptors (Lipinski definition) is 2. The van der Waals surface area contributed by atoms with Crippen LogP contribution < -0.4 is 4.31 Å². The highest BCUT2D eigenvalue weighted by atomic mass is 32.2. The van der Waals surface area contributed by atoms with Crippen LogP contribution in [-0.4, -0.2) is 15.0 Å². The summed E-state index contributed by atoms with van der Waals surface area (Å²) < 4.78 is 27.1. The van der Waals surface area contributed by atoms with Gasteiger partial charge < -0.3 is 0 Å². The molecule has 104 valence electrons. The second-order valence-electron chi connectivity index (χ2n) is 5.31. The Balaban J connectivity index is 2.08. The minimum absolute atomic E-state index is 0.228. The van der Waals surface area contributed by atoms with E-state index in [4.69, 9.17) is 0 Å². The third-order valence-corrected chi connectivity index (χ3v) is 5.58. The van der Waals surface area contributed by atoms with Crippen molar-refractivity contribution >= 4 is 15.7 Å². The van der Waals surface area contributed by atoms with E-state index in [9.17, 15) is 8.42 Å². The average molecular weight is 287 g/mol. The molecule has 3 rings (SSSR count). The number of para-hydroxylation sites is 1. The standard InChI is InChI=1S/C16H17NO2S/c1-12-7-9-14(10-8-12)20(18,19)17-11-13(2)15-5-3-4-6-16(15)17/h3-10,13H,11H2,1-2H3. The van der Waals surface area contributed by atoms with Crippen molar-refractivity contribution in [3.63, 3.8) is 0 Å². The van der Waals surface area contributed by atoms with E-state index in [-0.39, 0.29) is 5.92 Å². The molecule has 0 amide bonds. The smallest absolute Gasteiger partial charge is 0.264 e. The fourth-order valence-corrected chi connectivity index (χ4v) is 4.22. The van der Waals surface area contributed by atoms with Crippen molar-refractivity contribution in [3.05, 3.63) is 59.7 Å². The first-order valence-electron chi connectivity index (χ1n) is 6.68. The van der Waals surface area contributed by atoms with Crippen LogP contribution in [0.5, 0.6) is 0 Å². The van der Waals surface area contributed by atoms with Crippen LogP contribution in [0, 0.1) is 6.92 Å². The van der Waals surface area contributed by atoms with E-state index in [0.717, 1.165) is 16.8 Å². The van der Waals surface area contributed by atoms with Crippen molar-refractivity contribution in [2.45, 2.75) is 24.7 Å². The molecule has 1 aliphatic rings. The zero-order valence-electron chi connectivity index (χ0n) is 11.6. The predicted octanol–water partition coefficient (Wildman–Crippen LogP) is 3.31. The van der Waals surface area contributed by atoms with E-state index in [1.165, 1.54) is 4.31 Å². The quantitative estimate of drug-likeness (QED) is 0.850. The minimum Gasteiger partial charge on any atom is -0.265 e. The van der Waals surface area contributed by atoms with Gasteiger partial charge in [-0.05, 0) is 30.7 Å². The van der Waals surface area contributed by atoms with E-state index >= 15 is 0 Å². The molecule has 0 bridgehead atoms. The minimum atomic E-state index is -3.47. The van der Waals surface area contributed by atoms with Gasteiger partial charge in [-0.25, -0.2) is 8.42 Å². The van der Waals surface area contributed by atoms with Gasteiger partial charge in [0.1, 0.15) is 0 Å². The molecule has 20 heavy (non-hydrogen) atoms. The van der Waals surface area contributed by atoms with E-state index < -0.39 is 10.0 Å². The summed E-state index contributed by atoms with van der Waals surface area (Å²) in [5.41, 5.74) is 2.96. The van der Waals surface area contributed by atoms with Gasteiger partial charge >= 0.3 is 0 Å². The molecule has 0 aliphatic carbocycles. The third-order valence-electron chi connectivity index (χ3n) is 3.79. The molecule has 4 heteroatoms. The van der Waals surface area contributed by atoms with Crippen LogP contribution in [-0.2, 0) is 10.0 Å². The third kappa shape index (κ3) is 2.00. The highest BCUT2D eigenvalue weighted by Crippen LogP contribution is 2.38. The van der Waals surface area contributed by atoms with Gasteiger partial charge in [-0.2, -0.15) is 0 Å². The summed E-state index contributed by atoms with van der Waals surface area (Å²) in [6.07, 6.45) is 0. The molecule has 0 N–H and O–H groups in total. The fraction of sp³-hybridized carbons (Fsp3) is 0.250. The molecule has 0 fully saturated rings. The van der Waals surface area contributed by atoms with Crippen molar-refractivity contribution < 1.29 is 8.42 Å². The average Bonchev–Trinajstić information content (AvgIpc) is 2.78. The van der Waals surface area contributed by atoms with Gasteiger partial charge in [-0.15, -0.1) is 0 Å². The molecule has 2 aromatic rings. The predicted molar refractivity (Wildman–Crippen MR) is 80.6 cm³/mol. The Morgan fingerprint density at radius 3 is 2.40 bits per heavy atom. The lowest BCUT2D eigenvalue weighted by Crippen LogP contribution is -2.29. The van der Waals surface area contributed by atoms with Crippen LogP contribution in [0.4, 0.5) is 5.69 Å². The van der Waals surface area contributed by atoms with E-state index in [1.807, 2.05) is 43.3 Å². The Morgan fingerprint density at radius 2 is 1.70 bits per heavy atom. The van der Waals surface area contributed by atoms with Gasteiger partial charge in [0, 0.05) is 12.5 Å².